The normalized spacial score (nSPS) is 14.0. The molecule has 136 valence electrons. The van der Waals surface area contributed by atoms with Crippen molar-refractivity contribution in [2.45, 2.75) is 46.1 Å². The van der Waals surface area contributed by atoms with E-state index in [1.165, 1.54) is 12.3 Å². The van der Waals surface area contributed by atoms with E-state index in [0.29, 0.717) is 11.5 Å². The molecule has 0 saturated heterocycles. The minimum Gasteiger partial charge on any atom is -0.475 e. The molecule has 0 bridgehead atoms. The van der Waals surface area contributed by atoms with E-state index in [4.69, 9.17) is 10.5 Å². The zero-order valence-corrected chi connectivity index (χ0v) is 15.1. The van der Waals surface area contributed by atoms with Crippen LogP contribution in [0, 0.1) is 12.8 Å². The van der Waals surface area contributed by atoms with Crippen molar-refractivity contribution < 1.29 is 13.5 Å². The van der Waals surface area contributed by atoms with Crippen LogP contribution in [0.25, 0.3) is 11.1 Å². The van der Waals surface area contributed by atoms with Gasteiger partial charge >= 0.3 is 0 Å². The van der Waals surface area contributed by atoms with Gasteiger partial charge in [0.1, 0.15) is 6.61 Å². The summed E-state index contributed by atoms with van der Waals surface area (Å²) in [6.45, 7) is 7.94. The molecule has 25 heavy (non-hydrogen) atoms. The average molecular weight is 349 g/mol. The highest BCUT2D eigenvalue weighted by Crippen LogP contribution is 2.32. The Bertz CT molecular complexity index is 718. The molecule has 1 atom stereocenters. The van der Waals surface area contributed by atoms with Crippen molar-refractivity contribution in [3.63, 3.8) is 0 Å². The van der Waals surface area contributed by atoms with Crippen LogP contribution in [-0.2, 0) is 0 Å². The molecular formula is C19H25F2N3O. The molecule has 2 heterocycles. The highest BCUT2D eigenvalue weighted by atomic mass is 19.3. The van der Waals surface area contributed by atoms with E-state index in [2.05, 4.69) is 23.8 Å². The van der Waals surface area contributed by atoms with Crippen molar-refractivity contribution in [1.82, 2.24) is 9.97 Å². The second kappa shape index (κ2) is 7.87. The lowest BCUT2D eigenvalue weighted by atomic mass is 9.93. The SMILES string of the molecule is Cc1cc(-c2cnc(OCC(C)(N)CC(C)C)c(C(F)F)c2)ccn1. The van der Waals surface area contributed by atoms with Crippen LogP contribution in [0.2, 0.25) is 0 Å². The van der Waals surface area contributed by atoms with Crippen LogP contribution in [0.15, 0.2) is 30.6 Å². The summed E-state index contributed by atoms with van der Waals surface area (Å²) in [4.78, 5) is 8.22. The summed E-state index contributed by atoms with van der Waals surface area (Å²) in [7, 11) is 0. The van der Waals surface area contributed by atoms with E-state index in [-0.39, 0.29) is 18.1 Å². The molecule has 0 spiro atoms. The zero-order chi connectivity index (χ0) is 18.6. The molecule has 0 aromatic carbocycles. The van der Waals surface area contributed by atoms with Crippen molar-refractivity contribution in [2.75, 3.05) is 6.61 Å². The van der Waals surface area contributed by atoms with E-state index >= 15 is 0 Å². The van der Waals surface area contributed by atoms with Gasteiger partial charge in [0, 0.05) is 29.2 Å². The fourth-order valence-corrected chi connectivity index (χ4v) is 2.85. The second-order valence-corrected chi connectivity index (χ2v) is 7.15. The Morgan fingerprint density at radius 1 is 1.20 bits per heavy atom. The number of nitrogens with two attached hydrogens (primary N) is 1. The largest absolute Gasteiger partial charge is 0.475 e. The zero-order valence-electron chi connectivity index (χ0n) is 15.1. The Balaban J connectivity index is 2.25. The fraction of sp³-hybridized carbons (Fsp3) is 0.474. The topological polar surface area (TPSA) is 61.0 Å². The van der Waals surface area contributed by atoms with Gasteiger partial charge in [-0.15, -0.1) is 0 Å². The first kappa shape index (κ1) is 19.2. The van der Waals surface area contributed by atoms with Gasteiger partial charge in [0.25, 0.3) is 6.43 Å². The number of pyridine rings is 2. The van der Waals surface area contributed by atoms with Crippen molar-refractivity contribution >= 4 is 0 Å². The molecule has 2 aromatic rings. The minimum absolute atomic E-state index is 0.0649. The molecule has 2 N–H and O–H groups in total. The van der Waals surface area contributed by atoms with E-state index in [0.717, 1.165) is 17.7 Å². The highest BCUT2D eigenvalue weighted by Gasteiger charge is 2.24. The molecule has 0 radical (unpaired) electrons. The molecule has 0 saturated carbocycles. The lowest BCUT2D eigenvalue weighted by molar-refractivity contribution is 0.137. The number of aromatic nitrogens is 2. The molecule has 2 rings (SSSR count). The summed E-state index contributed by atoms with van der Waals surface area (Å²) in [6.07, 6.45) is 1.22. The highest BCUT2D eigenvalue weighted by molar-refractivity contribution is 5.64. The van der Waals surface area contributed by atoms with Gasteiger partial charge in [-0.1, -0.05) is 13.8 Å². The van der Waals surface area contributed by atoms with Crippen molar-refractivity contribution in [1.29, 1.82) is 0 Å². The van der Waals surface area contributed by atoms with E-state index in [9.17, 15) is 8.78 Å². The second-order valence-electron chi connectivity index (χ2n) is 7.15. The van der Waals surface area contributed by atoms with Crippen LogP contribution in [-0.4, -0.2) is 22.1 Å². The first-order valence-corrected chi connectivity index (χ1v) is 8.31. The smallest absolute Gasteiger partial charge is 0.269 e. The fourth-order valence-electron chi connectivity index (χ4n) is 2.85. The maximum absolute atomic E-state index is 13.5. The number of halogens is 2. The lowest BCUT2D eigenvalue weighted by Crippen LogP contribution is -2.43. The summed E-state index contributed by atoms with van der Waals surface area (Å²) in [5.74, 6) is 0.323. The van der Waals surface area contributed by atoms with Gasteiger partial charge in [0.05, 0.1) is 5.56 Å². The Labute approximate surface area is 147 Å². The Hall–Kier alpha value is -2.08. The summed E-state index contributed by atoms with van der Waals surface area (Å²) in [6, 6.07) is 5.00. The van der Waals surface area contributed by atoms with Crippen molar-refractivity contribution in [2.24, 2.45) is 11.7 Å². The Morgan fingerprint density at radius 2 is 1.92 bits per heavy atom. The molecule has 1 unspecified atom stereocenters. The molecule has 6 heteroatoms. The standard InChI is InChI=1S/C19H25F2N3O/c1-12(2)9-19(4,22)11-25-18-16(17(20)21)8-15(10-24-18)14-5-6-23-13(3)7-14/h5-8,10,12,17H,9,11,22H2,1-4H3. The van der Waals surface area contributed by atoms with Gasteiger partial charge in [0.15, 0.2) is 0 Å². The average Bonchev–Trinajstić information content (AvgIpc) is 2.51. The number of alkyl halides is 2. The summed E-state index contributed by atoms with van der Waals surface area (Å²) in [5, 5.41) is 0. The maximum atomic E-state index is 13.5. The van der Waals surface area contributed by atoms with Crippen LogP contribution in [0.4, 0.5) is 8.78 Å². The van der Waals surface area contributed by atoms with Crippen molar-refractivity contribution in [3.05, 3.63) is 41.9 Å². The van der Waals surface area contributed by atoms with Crippen LogP contribution in [0.3, 0.4) is 0 Å². The van der Waals surface area contributed by atoms with Crippen LogP contribution in [0.5, 0.6) is 5.88 Å². The number of nitrogens with zero attached hydrogens (tertiary/aromatic N) is 2. The number of hydrogen-bond acceptors (Lipinski definition) is 4. The van der Waals surface area contributed by atoms with Gasteiger partial charge < -0.3 is 10.5 Å². The third kappa shape index (κ3) is 5.46. The van der Waals surface area contributed by atoms with Crippen LogP contribution >= 0.6 is 0 Å². The summed E-state index contributed by atoms with van der Waals surface area (Å²) in [5.41, 5.74) is 7.55. The number of ether oxygens (including phenoxy) is 1. The first-order chi connectivity index (χ1) is 11.7. The molecule has 0 aliphatic heterocycles. The molecule has 0 aliphatic rings. The Morgan fingerprint density at radius 3 is 2.52 bits per heavy atom. The van der Waals surface area contributed by atoms with Crippen LogP contribution in [0.1, 0.15) is 44.9 Å². The Kier molecular flexibility index (Phi) is 6.06. The summed E-state index contributed by atoms with van der Waals surface area (Å²) >= 11 is 0. The number of aryl methyl sites for hydroxylation is 1. The number of hydrogen-bond donors (Lipinski definition) is 1. The monoisotopic (exact) mass is 349 g/mol. The van der Waals surface area contributed by atoms with E-state index in [1.807, 2.05) is 19.9 Å². The van der Waals surface area contributed by atoms with Crippen LogP contribution < -0.4 is 10.5 Å². The molecule has 0 aliphatic carbocycles. The maximum Gasteiger partial charge on any atom is 0.269 e. The third-order valence-electron chi connectivity index (χ3n) is 3.76. The van der Waals surface area contributed by atoms with Gasteiger partial charge in [-0.3, -0.25) is 4.98 Å². The molecule has 2 aromatic heterocycles. The van der Waals surface area contributed by atoms with E-state index in [1.54, 1.807) is 12.3 Å². The van der Waals surface area contributed by atoms with Gasteiger partial charge in [-0.25, -0.2) is 13.8 Å². The van der Waals surface area contributed by atoms with E-state index < -0.39 is 12.0 Å². The minimum atomic E-state index is -2.68. The van der Waals surface area contributed by atoms with Gasteiger partial charge in [-0.2, -0.15) is 0 Å². The molecule has 0 fully saturated rings. The molecule has 0 amide bonds. The van der Waals surface area contributed by atoms with Gasteiger partial charge in [0.2, 0.25) is 5.88 Å². The predicted molar refractivity (Wildman–Crippen MR) is 94.7 cm³/mol. The van der Waals surface area contributed by atoms with Gasteiger partial charge in [-0.05, 0) is 49.9 Å². The third-order valence-corrected chi connectivity index (χ3v) is 3.76. The quantitative estimate of drug-likeness (QED) is 0.798. The molecule has 4 nitrogen and oxygen atoms in total. The molecular weight excluding hydrogens is 324 g/mol. The summed E-state index contributed by atoms with van der Waals surface area (Å²) < 4.78 is 32.5. The van der Waals surface area contributed by atoms with Crippen molar-refractivity contribution in [3.8, 4) is 17.0 Å². The first-order valence-electron chi connectivity index (χ1n) is 8.31. The lowest BCUT2D eigenvalue weighted by Gasteiger charge is -2.26. The predicted octanol–water partition coefficient (Wildman–Crippen LogP) is 4.53. The number of rotatable bonds is 7.